The van der Waals surface area contributed by atoms with Crippen molar-refractivity contribution in [2.75, 3.05) is 39.6 Å². The van der Waals surface area contributed by atoms with E-state index < -0.39 is 97.5 Å². The number of ether oxygens (including phenoxy) is 4. The number of hydrogen-bond donors (Lipinski definition) is 3. The zero-order chi connectivity index (χ0) is 76.0. The summed E-state index contributed by atoms with van der Waals surface area (Å²) in [4.78, 5) is 73.0. The fraction of sp³-hybridized carbons (Fsp3) is 0.718. The summed E-state index contributed by atoms with van der Waals surface area (Å²) in [6.45, 7) is 4.69. The lowest BCUT2D eigenvalue weighted by Gasteiger charge is -2.21. The Balaban J connectivity index is 5.45. The molecule has 598 valence electrons. The Morgan fingerprint density at radius 1 is 0.269 bits per heavy atom. The molecule has 0 saturated heterocycles. The molecule has 17 nitrogen and oxygen atoms in total. The number of unbranched alkanes of at least 4 members (excludes halogenated alkanes) is 30. The van der Waals surface area contributed by atoms with Crippen LogP contribution in [0.1, 0.15) is 336 Å². The van der Waals surface area contributed by atoms with E-state index in [0.717, 1.165) is 154 Å². The Morgan fingerprint density at radius 2 is 0.490 bits per heavy atom. The maximum absolute atomic E-state index is 13.1. The van der Waals surface area contributed by atoms with Crippen LogP contribution in [0.4, 0.5) is 0 Å². The molecular formula is C85H146O17P2. The first-order valence-electron chi connectivity index (χ1n) is 40.8. The highest BCUT2D eigenvalue weighted by Crippen LogP contribution is 2.45. The largest absolute Gasteiger partial charge is 0.472 e. The van der Waals surface area contributed by atoms with Gasteiger partial charge in [-0.2, -0.15) is 0 Å². The van der Waals surface area contributed by atoms with E-state index in [4.69, 9.17) is 37.0 Å². The minimum atomic E-state index is -5.00. The van der Waals surface area contributed by atoms with E-state index in [1.165, 1.54) is 96.3 Å². The Labute approximate surface area is 632 Å². The van der Waals surface area contributed by atoms with Gasteiger partial charge in [0.15, 0.2) is 12.2 Å². The van der Waals surface area contributed by atoms with Gasteiger partial charge in [-0.25, -0.2) is 9.13 Å². The molecule has 0 aliphatic carbocycles. The summed E-state index contributed by atoms with van der Waals surface area (Å²) < 4.78 is 68.5. The maximum atomic E-state index is 13.1. The van der Waals surface area contributed by atoms with Crippen molar-refractivity contribution in [2.24, 2.45) is 0 Å². The minimum Gasteiger partial charge on any atom is -0.462 e. The van der Waals surface area contributed by atoms with E-state index in [1.54, 1.807) is 0 Å². The van der Waals surface area contributed by atoms with Gasteiger partial charge in [-0.05, 0) is 154 Å². The molecule has 3 N–H and O–H groups in total. The summed E-state index contributed by atoms with van der Waals surface area (Å²) in [5.74, 6) is -2.30. The number of allylic oxidation sites excluding steroid dienone is 20. The number of rotatable bonds is 76. The van der Waals surface area contributed by atoms with Crippen molar-refractivity contribution >= 4 is 39.5 Å². The van der Waals surface area contributed by atoms with Gasteiger partial charge in [0.2, 0.25) is 0 Å². The standard InChI is InChI=1S/C85H146O17P2/c1-5-9-13-17-21-25-29-33-37-38-39-40-44-46-50-54-58-62-66-70-83(88)96-76-81(102-85(90)72-68-64-60-56-52-48-43-36-32-28-24-20-16-12-8-4)78-100-104(93,94)98-74-79(86)73-97-103(91,92)99-77-80(101-84(89)71-67-63-59-55-51-47-42-35-31-27-23-19-15-11-7-3)75-95-82(87)69-65-61-57-53-49-45-41-34-30-26-22-18-14-10-6-2/h21-22,24-26,28,33-37,39-43,46,50,58,62,79-81,86H,5-20,23,27,29-32,38,44-45,47-49,51-57,59-61,63-78H2,1-4H3,(H,91,92)(H,93,94)/t79?,80-,81-/m1/s1. The number of esters is 4. The normalized spacial score (nSPS) is 14.5. The molecule has 0 aromatic heterocycles. The molecule has 0 radical (unpaired) electrons. The highest BCUT2D eigenvalue weighted by molar-refractivity contribution is 7.47. The summed E-state index contributed by atoms with van der Waals surface area (Å²) in [5, 5.41) is 10.6. The van der Waals surface area contributed by atoms with Crippen molar-refractivity contribution in [3.05, 3.63) is 122 Å². The lowest BCUT2D eigenvalue weighted by atomic mass is 10.1. The minimum absolute atomic E-state index is 0.0328. The molecule has 0 rings (SSSR count). The van der Waals surface area contributed by atoms with E-state index in [1.807, 2.05) is 12.2 Å². The van der Waals surface area contributed by atoms with Crippen molar-refractivity contribution < 1.29 is 80.2 Å². The number of carbonyl (C=O) groups excluding carboxylic acids is 4. The van der Waals surface area contributed by atoms with Crippen molar-refractivity contribution in [1.82, 2.24) is 0 Å². The summed E-state index contributed by atoms with van der Waals surface area (Å²) in [5.41, 5.74) is 0. The van der Waals surface area contributed by atoms with Gasteiger partial charge >= 0.3 is 39.5 Å². The Bertz CT molecular complexity index is 2440. The van der Waals surface area contributed by atoms with Crippen molar-refractivity contribution in [1.29, 1.82) is 0 Å². The van der Waals surface area contributed by atoms with Crippen LogP contribution in [0.15, 0.2) is 122 Å². The molecule has 0 aliphatic rings. The average Bonchev–Trinajstić information content (AvgIpc) is 0.918. The van der Waals surface area contributed by atoms with Crippen LogP contribution in [0.3, 0.4) is 0 Å². The van der Waals surface area contributed by atoms with Crippen LogP contribution in [0.5, 0.6) is 0 Å². The number of phosphoric acid groups is 2. The summed E-state index contributed by atoms with van der Waals surface area (Å²) in [6, 6.07) is 0. The third kappa shape index (κ3) is 75.7. The molecule has 19 heteroatoms. The van der Waals surface area contributed by atoms with Crippen molar-refractivity contribution in [3.8, 4) is 0 Å². The lowest BCUT2D eigenvalue weighted by Crippen LogP contribution is -2.30. The first kappa shape index (κ1) is 99.5. The molecule has 0 saturated carbocycles. The van der Waals surface area contributed by atoms with Gasteiger partial charge in [0.1, 0.15) is 19.3 Å². The van der Waals surface area contributed by atoms with Crippen molar-refractivity contribution in [3.63, 3.8) is 0 Å². The number of hydrogen-bond acceptors (Lipinski definition) is 15. The Morgan fingerprint density at radius 3 is 0.808 bits per heavy atom. The molecule has 5 atom stereocenters. The predicted octanol–water partition coefficient (Wildman–Crippen LogP) is 23.9. The summed E-state index contributed by atoms with van der Waals surface area (Å²) in [7, 11) is -9.99. The topological polar surface area (TPSA) is 237 Å². The molecule has 0 heterocycles. The van der Waals surface area contributed by atoms with Crippen LogP contribution in [-0.4, -0.2) is 96.7 Å². The van der Waals surface area contributed by atoms with Gasteiger partial charge in [-0.15, -0.1) is 0 Å². The molecule has 3 unspecified atom stereocenters. The van der Waals surface area contributed by atoms with Crippen LogP contribution in [0.2, 0.25) is 0 Å². The number of aliphatic hydroxyl groups excluding tert-OH is 1. The fourth-order valence-corrected chi connectivity index (χ4v) is 12.2. The molecule has 0 spiro atoms. The molecule has 0 fully saturated rings. The predicted molar refractivity (Wildman–Crippen MR) is 427 cm³/mol. The third-order valence-corrected chi connectivity index (χ3v) is 18.8. The molecule has 0 bridgehead atoms. The molecule has 0 aromatic rings. The van der Waals surface area contributed by atoms with E-state index in [2.05, 4.69) is 137 Å². The van der Waals surface area contributed by atoms with E-state index in [0.29, 0.717) is 32.1 Å². The van der Waals surface area contributed by atoms with E-state index in [-0.39, 0.29) is 25.7 Å². The monoisotopic (exact) mass is 1500 g/mol. The molecule has 104 heavy (non-hydrogen) atoms. The number of carbonyl (C=O) groups is 4. The summed E-state index contributed by atoms with van der Waals surface area (Å²) >= 11 is 0. The van der Waals surface area contributed by atoms with Gasteiger partial charge in [0, 0.05) is 25.7 Å². The smallest absolute Gasteiger partial charge is 0.462 e. The van der Waals surface area contributed by atoms with Gasteiger partial charge in [0.25, 0.3) is 0 Å². The van der Waals surface area contributed by atoms with Crippen LogP contribution in [-0.2, 0) is 65.4 Å². The fourth-order valence-electron chi connectivity index (χ4n) is 10.6. The SMILES string of the molecule is CCCCCC=CCC=CCC=CCC=CCC=CCCC(=O)OC[C@H](COP(=O)(O)OCC(O)COP(=O)(O)OC[C@@H](COC(=O)CCCCCCCC=CCC=CCCCCC)OC(=O)CCCCCCCC=CCCCCCCCC)OC(=O)CCCCCCCC=CCC=CCCCCC. The van der Waals surface area contributed by atoms with Crippen LogP contribution >= 0.6 is 15.6 Å². The van der Waals surface area contributed by atoms with Gasteiger partial charge < -0.3 is 33.8 Å². The van der Waals surface area contributed by atoms with Crippen molar-refractivity contribution in [2.45, 2.75) is 354 Å². The first-order chi connectivity index (χ1) is 50.7. The average molecular weight is 1500 g/mol. The zero-order valence-electron chi connectivity index (χ0n) is 65.4. The first-order valence-corrected chi connectivity index (χ1v) is 43.8. The van der Waals surface area contributed by atoms with Gasteiger partial charge in [-0.1, -0.05) is 278 Å². The molecule has 0 amide bonds. The highest BCUT2D eigenvalue weighted by atomic mass is 31.2. The van der Waals surface area contributed by atoms with E-state index in [9.17, 15) is 43.2 Å². The Kier molecular flexibility index (Phi) is 73.3. The number of aliphatic hydroxyl groups is 1. The van der Waals surface area contributed by atoms with Crippen LogP contribution < -0.4 is 0 Å². The van der Waals surface area contributed by atoms with Crippen LogP contribution in [0, 0.1) is 0 Å². The van der Waals surface area contributed by atoms with E-state index >= 15 is 0 Å². The second-order valence-corrected chi connectivity index (χ2v) is 29.9. The second kappa shape index (κ2) is 76.6. The lowest BCUT2D eigenvalue weighted by molar-refractivity contribution is -0.161. The molecule has 0 aliphatic heterocycles. The zero-order valence-corrected chi connectivity index (χ0v) is 67.2. The Hall–Kier alpha value is -4.54. The number of phosphoric ester groups is 2. The van der Waals surface area contributed by atoms with Crippen LogP contribution in [0.25, 0.3) is 0 Å². The molecular weight excluding hydrogens is 1350 g/mol. The maximum Gasteiger partial charge on any atom is 0.472 e. The van der Waals surface area contributed by atoms with Gasteiger partial charge in [0.05, 0.1) is 26.4 Å². The molecule has 0 aromatic carbocycles. The van der Waals surface area contributed by atoms with Gasteiger partial charge in [-0.3, -0.25) is 37.3 Å². The second-order valence-electron chi connectivity index (χ2n) is 27.0. The highest BCUT2D eigenvalue weighted by Gasteiger charge is 2.30. The third-order valence-electron chi connectivity index (χ3n) is 16.9. The summed E-state index contributed by atoms with van der Waals surface area (Å²) in [6.07, 6.45) is 84.7. The quantitative estimate of drug-likeness (QED) is 0.0169.